The number of hydrogen-bond acceptors (Lipinski definition) is 3. The van der Waals surface area contributed by atoms with Crippen LogP contribution in [-0.4, -0.2) is 22.8 Å². The van der Waals surface area contributed by atoms with Crippen LogP contribution in [0.3, 0.4) is 0 Å². The van der Waals surface area contributed by atoms with E-state index in [4.69, 9.17) is 5.11 Å². The van der Waals surface area contributed by atoms with Crippen LogP contribution < -0.4 is 5.32 Å². The van der Waals surface area contributed by atoms with Crippen molar-refractivity contribution >= 4 is 17.7 Å². The highest BCUT2D eigenvalue weighted by Crippen LogP contribution is 2.12. The molecule has 1 amide bonds. The highest BCUT2D eigenvalue weighted by Gasteiger charge is 2.23. The number of hydrogen-bond donors (Lipinski definition) is 2. The first kappa shape index (κ1) is 11.9. The zero-order valence-corrected chi connectivity index (χ0v) is 8.64. The van der Waals surface area contributed by atoms with E-state index in [1.165, 1.54) is 0 Å². The van der Waals surface area contributed by atoms with Gasteiger partial charge in [-0.05, 0) is 5.56 Å². The minimum atomic E-state index is -1.21. The van der Waals surface area contributed by atoms with Crippen LogP contribution in [0.4, 0.5) is 0 Å². The van der Waals surface area contributed by atoms with E-state index in [9.17, 15) is 14.4 Å². The molecule has 5 heteroatoms. The zero-order valence-electron chi connectivity index (χ0n) is 8.64. The number of amides is 1. The summed E-state index contributed by atoms with van der Waals surface area (Å²) >= 11 is 0. The van der Waals surface area contributed by atoms with Gasteiger partial charge in [-0.2, -0.15) is 0 Å². The van der Waals surface area contributed by atoms with Gasteiger partial charge in [0, 0.05) is 6.92 Å². The fraction of sp³-hybridized carbons (Fsp3) is 0.182. The zero-order chi connectivity index (χ0) is 12.1. The molecular formula is C11H11NO4. The van der Waals surface area contributed by atoms with Crippen LogP contribution in [0.15, 0.2) is 30.3 Å². The Bertz CT molecular complexity index is 413. The van der Waals surface area contributed by atoms with E-state index in [-0.39, 0.29) is 0 Å². The van der Waals surface area contributed by atoms with E-state index in [1.54, 1.807) is 30.3 Å². The van der Waals surface area contributed by atoms with Gasteiger partial charge in [0.2, 0.25) is 5.78 Å². The lowest BCUT2D eigenvalue weighted by molar-refractivity contribution is -0.144. The first-order chi connectivity index (χ1) is 7.52. The summed E-state index contributed by atoms with van der Waals surface area (Å²) in [5.74, 6) is -2.83. The van der Waals surface area contributed by atoms with E-state index in [0.29, 0.717) is 5.56 Å². The maximum Gasteiger partial charge on any atom is 0.330 e. The molecule has 84 valence electrons. The summed E-state index contributed by atoms with van der Waals surface area (Å²) in [6, 6.07) is 6.99. The SMILES string of the molecule is CC(=O)C(=O)NC(C(=O)O)c1ccccc1. The van der Waals surface area contributed by atoms with Crippen molar-refractivity contribution in [3.63, 3.8) is 0 Å². The van der Waals surface area contributed by atoms with E-state index in [2.05, 4.69) is 5.32 Å². The predicted octanol–water partition coefficient (Wildman–Crippen LogP) is 0.517. The van der Waals surface area contributed by atoms with Crippen molar-refractivity contribution < 1.29 is 19.5 Å². The van der Waals surface area contributed by atoms with E-state index >= 15 is 0 Å². The average Bonchev–Trinajstić information content (AvgIpc) is 2.26. The molecule has 0 saturated carbocycles. The first-order valence-corrected chi connectivity index (χ1v) is 4.61. The second kappa shape index (κ2) is 5.06. The van der Waals surface area contributed by atoms with Crippen molar-refractivity contribution in [1.82, 2.24) is 5.32 Å². The molecule has 0 fully saturated rings. The second-order valence-corrected chi connectivity index (χ2v) is 3.21. The van der Waals surface area contributed by atoms with Crippen molar-refractivity contribution in [3.05, 3.63) is 35.9 Å². The van der Waals surface area contributed by atoms with Crippen molar-refractivity contribution in [1.29, 1.82) is 0 Å². The number of ketones is 1. The quantitative estimate of drug-likeness (QED) is 0.726. The molecular weight excluding hydrogens is 210 g/mol. The third-order valence-electron chi connectivity index (χ3n) is 1.98. The topological polar surface area (TPSA) is 83.5 Å². The normalized spacial score (nSPS) is 11.6. The Balaban J connectivity index is 2.89. The Hall–Kier alpha value is -2.17. The Morgan fingerprint density at radius 1 is 1.19 bits per heavy atom. The largest absolute Gasteiger partial charge is 0.479 e. The maximum absolute atomic E-state index is 11.1. The number of carboxylic acid groups (broad SMARTS) is 1. The highest BCUT2D eigenvalue weighted by molar-refractivity contribution is 6.35. The van der Waals surface area contributed by atoms with Gasteiger partial charge in [-0.1, -0.05) is 30.3 Å². The number of nitrogens with one attached hydrogen (secondary N) is 1. The molecule has 0 spiro atoms. The fourth-order valence-electron chi connectivity index (χ4n) is 1.17. The molecule has 0 aliphatic carbocycles. The minimum Gasteiger partial charge on any atom is -0.479 e. The second-order valence-electron chi connectivity index (χ2n) is 3.21. The van der Waals surface area contributed by atoms with Gasteiger partial charge in [0.25, 0.3) is 5.91 Å². The molecule has 0 radical (unpaired) electrons. The molecule has 16 heavy (non-hydrogen) atoms. The van der Waals surface area contributed by atoms with Crippen molar-refractivity contribution in [2.45, 2.75) is 13.0 Å². The number of carboxylic acids is 1. The number of rotatable bonds is 4. The predicted molar refractivity (Wildman–Crippen MR) is 55.6 cm³/mol. The Morgan fingerprint density at radius 2 is 1.75 bits per heavy atom. The van der Waals surface area contributed by atoms with Gasteiger partial charge in [0.1, 0.15) is 0 Å². The lowest BCUT2D eigenvalue weighted by Crippen LogP contribution is -2.37. The molecule has 1 atom stereocenters. The molecule has 0 saturated heterocycles. The summed E-state index contributed by atoms with van der Waals surface area (Å²) in [6.45, 7) is 1.08. The lowest BCUT2D eigenvalue weighted by Gasteiger charge is -2.13. The maximum atomic E-state index is 11.1. The summed E-state index contributed by atoms with van der Waals surface area (Å²) < 4.78 is 0. The third kappa shape index (κ3) is 2.91. The van der Waals surface area contributed by atoms with Gasteiger partial charge in [-0.3, -0.25) is 9.59 Å². The van der Waals surface area contributed by atoms with E-state index in [0.717, 1.165) is 6.92 Å². The molecule has 5 nitrogen and oxygen atoms in total. The van der Waals surface area contributed by atoms with Crippen LogP contribution >= 0.6 is 0 Å². The van der Waals surface area contributed by atoms with Gasteiger partial charge in [0.05, 0.1) is 0 Å². The summed E-state index contributed by atoms with van der Waals surface area (Å²) in [6.07, 6.45) is 0. The summed E-state index contributed by atoms with van der Waals surface area (Å²) in [5, 5.41) is 11.1. The van der Waals surface area contributed by atoms with Gasteiger partial charge < -0.3 is 10.4 Å². The van der Waals surface area contributed by atoms with Crippen LogP contribution in [0.1, 0.15) is 18.5 Å². The monoisotopic (exact) mass is 221 g/mol. The summed E-state index contributed by atoms with van der Waals surface area (Å²) in [5.41, 5.74) is 0.421. The Morgan fingerprint density at radius 3 is 2.19 bits per heavy atom. The van der Waals surface area contributed by atoms with E-state index < -0.39 is 23.7 Å². The molecule has 0 heterocycles. The molecule has 0 aliphatic heterocycles. The fourth-order valence-corrected chi connectivity index (χ4v) is 1.17. The average molecular weight is 221 g/mol. The molecule has 1 aromatic rings. The van der Waals surface area contributed by atoms with Crippen LogP contribution in [-0.2, 0) is 14.4 Å². The lowest BCUT2D eigenvalue weighted by atomic mass is 10.1. The molecule has 1 aromatic carbocycles. The third-order valence-corrected chi connectivity index (χ3v) is 1.98. The molecule has 2 N–H and O–H groups in total. The summed E-state index contributed by atoms with van der Waals surface area (Å²) in [7, 11) is 0. The summed E-state index contributed by atoms with van der Waals surface area (Å²) in [4.78, 5) is 32.8. The van der Waals surface area contributed by atoms with Gasteiger partial charge in [-0.25, -0.2) is 4.79 Å². The standard InChI is InChI=1S/C11H11NO4/c1-7(13)10(14)12-9(11(15)16)8-5-3-2-4-6-8/h2-6,9H,1H3,(H,12,14)(H,15,16). The van der Waals surface area contributed by atoms with Crippen molar-refractivity contribution in [3.8, 4) is 0 Å². The van der Waals surface area contributed by atoms with Gasteiger partial charge in [0.15, 0.2) is 6.04 Å². The van der Waals surface area contributed by atoms with Crippen LogP contribution in [0.2, 0.25) is 0 Å². The number of carbonyl (C=O) groups is 3. The number of carbonyl (C=O) groups excluding carboxylic acids is 2. The minimum absolute atomic E-state index is 0.421. The molecule has 0 aliphatic rings. The van der Waals surface area contributed by atoms with Crippen LogP contribution in [0.25, 0.3) is 0 Å². The molecule has 1 unspecified atom stereocenters. The smallest absolute Gasteiger partial charge is 0.330 e. The number of benzene rings is 1. The Labute approximate surface area is 92.1 Å². The van der Waals surface area contributed by atoms with Crippen molar-refractivity contribution in [2.75, 3.05) is 0 Å². The van der Waals surface area contributed by atoms with Gasteiger partial charge in [-0.15, -0.1) is 0 Å². The molecule has 0 aromatic heterocycles. The van der Waals surface area contributed by atoms with E-state index in [1.807, 2.05) is 0 Å². The highest BCUT2D eigenvalue weighted by atomic mass is 16.4. The van der Waals surface area contributed by atoms with Crippen molar-refractivity contribution in [2.24, 2.45) is 0 Å². The number of aliphatic carboxylic acids is 1. The molecule has 1 rings (SSSR count). The Kier molecular flexibility index (Phi) is 3.77. The molecule has 0 bridgehead atoms. The number of Topliss-reactive ketones (excluding diaryl/α,β-unsaturated/α-hetero) is 1. The van der Waals surface area contributed by atoms with Crippen LogP contribution in [0, 0.1) is 0 Å². The van der Waals surface area contributed by atoms with Crippen LogP contribution in [0.5, 0.6) is 0 Å². The van der Waals surface area contributed by atoms with Gasteiger partial charge >= 0.3 is 5.97 Å². The first-order valence-electron chi connectivity index (χ1n) is 4.61.